The number of methoxy groups -OCH3 is 1. The number of fused-ring (bicyclic) bond motifs is 3. The smallest absolute Gasteiger partial charge is 0.211 e. The van der Waals surface area contributed by atoms with Crippen LogP contribution in [0.4, 0.5) is 11.6 Å². The van der Waals surface area contributed by atoms with Crippen LogP contribution < -0.4 is 4.90 Å². The maximum absolute atomic E-state index is 6.51. The molecular weight excluding hydrogens is 409 g/mol. The molecule has 0 N–H and O–H groups in total. The number of halogens is 2. The Morgan fingerprint density at radius 3 is 2.76 bits per heavy atom. The van der Waals surface area contributed by atoms with Crippen LogP contribution in [0.25, 0.3) is 11.0 Å². The highest BCUT2D eigenvalue weighted by Crippen LogP contribution is 2.39. The monoisotopic (exact) mass is 433 g/mol. The van der Waals surface area contributed by atoms with E-state index in [1.807, 2.05) is 12.1 Å². The Kier molecular flexibility index (Phi) is 6.30. The predicted molar refractivity (Wildman–Crippen MR) is 119 cm³/mol. The van der Waals surface area contributed by atoms with Crippen LogP contribution in [0.5, 0.6) is 0 Å². The summed E-state index contributed by atoms with van der Waals surface area (Å²) in [5.74, 6) is 0.912. The van der Waals surface area contributed by atoms with Crippen LogP contribution in [0.2, 0.25) is 10.0 Å². The Bertz CT molecular complexity index is 1010. The van der Waals surface area contributed by atoms with Crippen LogP contribution in [0.3, 0.4) is 0 Å². The van der Waals surface area contributed by atoms with E-state index in [0.29, 0.717) is 23.3 Å². The third-order valence-corrected chi connectivity index (χ3v) is 5.85. The van der Waals surface area contributed by atoms with Crippen LogP contribution in [0.15, 0.2) is 36.4 Å². The SMILES string of the molecule is CCC(OCCOC)c1cccc2nc3n(c12)CCCN3c1ccc(Cl)cc1Cl. The molecule has 2 heterocycles. The second-order valence-corrected chi connectivity index (χ2v) is 7.98. The first-order valence-corrected chi connectivity index (χ1v) is 10.7. The van der Waals surface area contributed by atoms with E-state index in [0.717, 1.165) is 48.6 Å². The zero-order valence-corrected chi connectivity index (χ0v) is 18.2. The average molecular weight is 434 g/mol. The van der Waals surface area contributed by atoms with Crippen molar-refractivity contribution in [3.05, 3.63) is 52.0 Å². The van der Waals surface area contributed by atoms with E-state index in [1.165, 1.54) is 5.56 Å². The fourth-order valence-electron chi connectivity index (χ4n) is 4.00. The molecule has 0 aliphatic carbocycles. The molecule has 154 valence electrons. The first-order chi connectivity index (χ1) is 14.1. The summed E-state index contributed by atoms with van der Waals surface area (Å²) in [6.07, 6.45) is 1.90. The standard InChI is InChI=1S/C22H25Cl2N3O2/c1-3-20(29-13-12-28-2)16-6-4-7-18-21(16)27-11-5-10-26(22(27)25-18)19-9-8-15(23)14-17(19)24/h4,6-9,14,20H,3,5,10-13H2,1-2H3. The Morgan fingerprint density at radius 1 is 1.14 bits per heavy atom. The molecule has 1 unspecified atom stereocenters. The number of aromatic nitrogens is 2. The average Bonchev–Trinajstić information content (AvgIpc) is 3.11. The number of hydrogen-bond acceptors (Lipinski definition) is 4. The quantitative estimate of drug-likeness (QED) is 0.428. The van der Waals surface area contributed by atoms with Gasteiger partial charge in [0, 0.05) is 30.8 Å². The molecule has 1 aliphatic rings. The first-order valence-electron chi connectivity index (χ1n) is 9.96. The van der Waals surface area contributed by atoms with Crippen molar-refractivity contribution in [2.45, 2.75) is 32.4 Å². The number of para-hydroxylation sites is 1. The van der Waals surface area contributed by atoms with E-state index in [1.54, 1.807) is 13.2 Å². The van der Waals surface area contributed by atoms with Gasteiger partial charge in [-0.2, -0.15) is 0 Å². The Hall–Kier alpha value is -1.79. The van der Waals surface area contributed by atoms with Crippen molar-refractivity contribution < 1.29 is 9.47 Å². The lowest BCUT2D eigenvalue weighted by molar-refractivity contribution is 0.0150. The molecule has 3 aromatic rings. The van der Waals surface area contributed by atoms with Crippen molar-refractivity contribution >= 4 is 45.9 Å². The van der Waals surface area contributed by atoms with Crippen molar-refractivity contribution in [2.24, 2.45) is 0 Å². The summed E-state index contributed by atoms with van der Waals surface area (Å²) in [6, 6.07) is 11.9. The minimum atomic E-state index is 0.00384. The van der Waals surface area contributed by atoms with Gasteiger partial charge >= 0.3 is 0 Å². The molecule has 1 aromatic heterocycles. The molecule has 0 saturated heterocycles. The first kappa shape index (κ1) is 20.5. The molecule has 4 rings (SSSR count). The number of aryl methyl sites for hydroxylation is 1. The molecule has 0 amide bonds. The number of imidazole rings is 1. The van der Waals surface area contributed by atoms with Crippen LogP contribution in [-0.4, -0.2) is 36.4 Å². The van der Waals surface area contributed by atoms with Crippen LogP contribution in [0.1, 0.15) is 31.4 Å². The minimum Gasteiger partial charge on any atom is -0.382 e. The van der Waals surface area contributed by atoms with E-state index >= 15 is 0 Å². The summed E-state index contributed by atoms with van der Waals surface area (Å²) in [5.41, 5.74) is 4.21. The van der Waals surface area contributed by atoms with Gasteiger partial charge in [-0.15, -0.1) is 0 Å². The fourth-order valence-corrected chi connectivity index (χ4v) is 4.51. The van der Waals surface area contributed by atoms with Crippen molar-refractivity contribution in [3.63, 3.8) is 0 Å². The van der Waals surface area contributed by atoms with E-state index < -0.39 is 0 Å². The summed E-state index contributed by atoms with van der Waals surface area (Å²) in [4.78, 5) is 7.14. The summed E-state index contributed by atoms with van der Waals surface area (Å²) < 4.78 is 13.6. The summed E-state index contributed by atoms with van der Waals surface area (Å²) in [5, 5.41) is 1.26. The molecule has 1 aliphatic heterocycles. The van der Waals surface area contributed by atoms with Gasteiger partial charge in [-0.1, -0.05) is 42.3 Å². The second-order valence-electron chi connectivity index (χ2n) is 7.14. The summed E-state index contributed by atoms with van der Waals surface area (Å²) >= 11 is 12.6. The Balaban J connectivity index is 1.79. The molecule has 7 heteroatoms. The lowest BCUT2D eigenvalue weighted by atomic mass is 10.0. The van der Waals surface area contributed by atoms with Gasteiger partial charge < -0.3 is 18.9 Å². The van der Waals surface area contributed by atoms with Crippen LogP contribution >= 0.6 is 23.2 Å². The number of rotatable bonds is 7. The van der Waals surface area contributed by atoms with E-state index in [9.17, 15) is 0 Å². The zero-order chi connectivity index (χ0) is 20.4. The highest BCUT2D eigenvalue weighted by molar-refractivity contribution is 6.36. The van der Waals surface area contributed by atoms with Crippen molar-refractivity contribution in [2.75, 3.05) is 31.8 Å². The summed E-state index contributed by atoms with van der Waals surface area (Å²) in [6.45, 7) is 5.07. The number of benzene rings is 2. The Labute approximate surface area is 181 Å². The topological polar surface area (TPSA) is 39.5 Å². The zero-order valence-electron chi connectivity index (χ0n) is 16.7. The lowest BCUT2D eigenvalue weighted by Crippen LogP contribution is -2.28. The molecule has 5 nitrogen and oxygen atoms in total. The van der Waals surface area contributed by atoms with Gasteiger partial charge in [0.25, 0.3) is 0 Å². The molecule has 0 spiro atoms. The summed E-state index contributed by atoms with van der Waals surface area (Å²) in [7, 11) is 1.69. The largest absolute Gasteiger partial charge is 0.382 e. The molecule has 0 fully saturated rings. The molecule has 0 radical (unpaired) electrons. The molecule has 29 heavy (non-hydrogen) atoms. The predicted octanol–water partition coefficient (Wildman–Crippen LogP) is 6.00. The van der Waals surface area contributed by atoms with Crippen LogP contribution in [0, 0.1) is 0 Å². The van der Waals surface area contributed by atoms with Gasteiger partial charge in [-0.05, 0) is 37.1 Å². The van der Waals surface area contributed by atoms with E-state index in [4.69, 9.17) is 37.7 Å². The number of hydrogen-bond donors (Lipinski definition) is 0. The highest BCUT2D eigenvalue weighted by atomic mass is 35.5. The van der Waals surface area contributed by atoms with Crippen molar-refractivity contribution in [3.8, 4) is 0 Å². The third kappa shape index (κ3) is 3.97. The van der Waals surface area contributed by atoms with E-state index in [2.05, 4.69) is 34.6 Å². The van der Waals surface area contributed by atoms with Gasteiger partial charge in [0.2, 0.25) is 5.95 Å². The normalized spacial score (nSPS) is 15.0. The molecule has 2 aromatic carbocycles. The Morgan fingerprint density at radius 2 is 2.00 bits per heavy atom. The van der Waals surface area contributed by atoms with Gasteiger partial charge in [0.15, 0.2) is 0 Å². The van der Waals surface area contributed by atoms with Gasteiger partial charge in [0.05, 0.1) is 41.1 Å². The molecule has 0 bridgehead atoms. The number of anilines is 2. The van der Waals surface area contributed by atoms with Crippen molar-refractivity contribution in [1.82, 2.24) is 9.55 Å². The van der Waals surface area contributed by atoms with Crippen molar-refractivity contribution in [1.29, 1.82) is 0 Å². The fraction of sp³-hybridized carbons (Fsp3) is 0.409. The molecular formula is C22H25Cl2N3O2. The number of nitrogens with zero attached hydrogens (tertiary/aromatic N) is 3. The van der Waals surface area contributed by atoms with Gasteiger partial charge in [-0.25, -0.2) is 4.98 Å². The van der Waals surface area contributed by atoms with Gasteiger partial charge in [0.1, 0.15) is 0 Å². The minimum absolute atomic E-state index is 0.00384. The third-order valence-electron chi connectivity index (χ3n) is 5.31. The second kappa shape index (κ2) is 8.92. The number of ether oxygens (including phenoxy) is 2. The van der Waals surface area contributed by atoms with E-state index in [-0.39, 0.29) is 6.10 Å². The maximum atomic E-state index is 6.51. The van der Waals surface area contributed by atoms with Crippen LogP contribution in [-0.2, 0) is 16.0 Å². The highest BCUT2D eigenvalue weighted by Gasteiger charge is 2.26. The van der Waals surface area contributed by atoms with Gasteiger partial charge in [-0.3, -0.25) is 0 Å². The molecule has 1 atom stereocenters. The lowest BCUT2D eigenvalue weighted by Gasteiger charge is -2.30. The maximum Gasteiger partial charge on any atom is 0.211 e. The molecule has 0 saturated carbocycles.